The Balaban J connectivity index is 1.24. The topological polar surface area (TPSA) is 59.0 Å². The van der Waals surface area contributed by atoms with Crippen LogP contribution < -0.4 is 4.74 Å². The Morgan fingerprint density at radius 3 is 2.39 bits per heavy atom. The highest BCUT2D eigenvalue weighted by atomic mass is 32.1. The van der Waals surface area contributed by atoms with Crippen LogP contribution in [0.4, 0.5) is 0 Å². The van der Waals surface area contributed by atoms with E-state index in [0.717, 1.165) is 31.6 Å². The number of nitrogens with zero attached hydrogens (tertiary/aromatic N) is 1. The highest BCUT2D eigenvalue weighted by molar-refractivity contribution is 7.12. The number of thiophene rings is 2. The normalized spacial score (nSPS) is 24.3. The fraction of sp³-hybridized carbons (Fsp3) is 0.423. The van der Waals surface area contributed by atoms with E-state index in [1.54, 1.807) is 12.1 Å². The number of carbonyl (C=O) groups excluding carboxylic acids is 1. The van der Waals surface area contributed by atoms with Crippen molar-refractivity contribution in [3.05, 3.63) is 75.1 Å². The lowest BCUT2D eigenvalue weighted by atomic mass is 9.94. The van der Waals surface area contributed by atoms with E-state index < -0.39 is 11.6 Å². The summed E-state index contributed by atoms with van der Waals surface area (Å²) in [6, 6.07) is 17.5. The van der Waals surface area contributed by atoms with Gasteiger partial charge >= 0.3 is 5.97 Å². The first-order chi connectivity index (χ1) is 16.1. The predicted octanol–water partition coefficient (Wildman–Crippen LogP) is 4.77. The molecule has 2 fully saturated rings. The van der Waals surface area contributed by atoms with Crippen molar-refractivity contribution in [2.75, 3.05) is 20.2 Å². The molecular weight excluding hydrogens is 454 g/mol. The number of likely N-dealkylation sites (N-methyl/N-ethyl adjacent to an activating group) is 1. The first-order valence-electron chi connectivity index (χ1n) is 11.5. The molecule has 0 saturated heterocycles. The van der Waals surface area contributed by atoms with Gasteiger partial charge in [0.2, 0.25) is 5.60 Å². The summed E-state index contributed by atoms with van der Waals surface area (Å²) in [4.78, 5) is 17.0. The standard InChI is InChI=1S/C26H29NO4S2/c1-27(13-14-30-19-7-3-2-4-8-19)21-17-18-11-12-20(21)24(18)31-25(28)26(29,22-9-5-15-32-22)23-10-6-16-33-23/h2-10,15-16,18,20-21,24,29H,11-14,17H2,1H3/t18?,20?,21-,24?/m1/s1. The maximum atomic E-state index is 13.4. The highest BCUT2D eigenvalue weighted by Crippen LogP contribution is 2.49. The summed E-state index contributed by atoms with van der Waals surface area (Å²) in [5.74, 6) is 0.964. The van der Waals surface area contributed by atoms with E-state index in [9.17, 15) is 9.90 Å². The molecule has 1 N–H and O–H groups in total. The van der Waals surface area contributed by atoms with Crippen LogP contribution in [0.15, 0.2) is 65.4 Å². The fourth-order valence-electron chi connectivity index (χ4n) is 5.41. The molecule has 0 spiro atoms. The lowest BCUT2D eigenvalue weighted by Crippen LogP contribution is -2.42. The van der Waals surface area contributed by atoms with Crippen molar-refractivity contribution in [3.8, 4) is 5.75 Å². The van der Waals surface area contributed by atoms with Gasteiger partial charge in [-0.2, -0.15) is 0 Å². The first-order valence-corrected chi connectivity index (χ1v) is 13.2. The molecule has 2 aliphatic carbocycles. The highest BCUT2D eigenvalue weighted by Gasteiger charge is 2.54. The number of aliphatic hydroxyl groups is 1. The maximum Gasteiger partial charge on any atom is 0.349 e. The van der Waals surface area contributed by atoms with Crippen LogP contribution in [0.25, 0.3) is 0 Å². The van der Waals surface area contributed by atoms with Crippen LogP contribution in [0.1, 0.15) is 29.0 Å². The summed E-state index contributed by atoms with van der Waals surface area (Å²) in [5, 5.41) is 15.3. The molecular formula is C26H29NO4S2. The zero-order chi connectivity index (χ0) is 22.8. The van der Waals surface area contributed by atoms with Crippen molar-refractivity contribution in [2.24, 2.45) is 11.8 Å². The number of hydrogen-bond acceptors (Lipinski definition) is 7. The van der Waals surface area contributed by atoms with Gasteiger partial charge in [-0.25, -0.2) is 4.79 Å². The number of esters is 1. The number of para-hydroxylation sites is 1. The number of hydrogen-bond donors (Lipinski definition) is 1. The summed E-state index contributed by atoms with van der Waals surface area (Å²) >= 11 is 2.76. The number of fused-ring (bicyclic) bond motifs is 2. The average Bonchev–Trinajstić information content (AvgIpc) is 3.65. The molecule has 0 aliphatic heterocycles. The number of benzene rings is 1. The summed E-state index contributed by atoms with van der Waals surface area (Å²) in [6.07, 6.45) is 2.99. The lowest BCUT2D eigenvalue weighted by Gasteiger charge is -2.32. The van der Waals surface area contributed by atoms with Crippen molar-refractivity contribution in [2.45, 2.75) is 37.0 Å². The Morgan fingerprint density at radius 1 is 1.06 bits per heavy atom. The molecule has 3 unspecified atom stereocenters. The van der Waals surface area contributed by atoms with E-state index in [4.69, 9.17) is 9.47 Å². The zero-order valence-corrected chi connectivity index (χ0v) is 20.3. The van der Waals surface area contributed by atoms with Crippen molar-refractivity contribution >= 4 is 28.6 Å². The molecule has 2 aromatic heterocycles. The molecule has 2 bridgehead atoms. The van der Waals surface area contributed by atoms with Gasteiger partial charge in [0.25, 0.3) is 0 Å². The Bertz CT molecular complexity index is 1000. The summed E-state index contributed by atoms with van der Waals surface area (Å²) in [5.41, 5.74) is -1.74. The van der Waals surface area contributed by atoms with Crippen molar-refractivity contribution in [3.63, 3.8) is 0 Å². The first kappa shape index (κ1) is 22.6. The molecule has 3 aromatic rings. The van der Waals surface area contributed by atoms with E-state index in [1.807, 2.05) is 53.2 Å². The molecule has 4 atom stereocenters. The fourth-order valence-corrected chi connectivity index (χ4v) is 7.13. The second-order valence-corrected chi connectivity index (χ2v) is 10.9. The minimum absolute atomic E-state index is 0.147. The summed E-state index contributed by atoms with van der Waals surface area (Å²) in [7, 11) is 2.13. The van der Waals surface area contributed by atoms with Gasteiger partial charge < -0.3 is 14.6 Å². The van der Waals surface area contributed by atoms with Crippen LogP contribution in [-0.2, 0) is 15.1 Å². The smallest absolute Gasteiger partial charge is 0.349 e. The molecule has 2 saturated carbocycles. The maximum absolute atomic E-state index is 13.4. The van der Waals surface area contributed by atoms with Gasteiger partial charge in [0.15, 0.2) is 0 Å². The predicted molar refractivity (Wildman–Crippen MR) is 131 cm³/mol. The van der Waals surface area contributed by atoms with Crippen molar-refractivity contribution < 1.29 is 19.4 Å². The van der Waals surface area contributed by atoms with Gasteiger partial charge in [0.05, 0.1) is 9.75 Å². The molecule has 1 aromatic carbocycles. The molecule has 174 valence electrons. The molecule has 2 aliphatic rings. The minimum atomic E-state index is -1.74. The van der Waals surface area contributed by atoms with Crippen LogP contribution in [0.2, 0.25) is 0 Å². The van der Waals surface area contributed by atoms with Crippen LogP contribution in [0, 0.1) is 11.8 Å². The second-order valence-electron chi connectivity index (χ2n) is 8.98. The quantitative estimate of drug-likeness (QED) is 0.445. The van der Waals surface area contributed by atoms with Crippen LogP contribution in [-0.4, -0.2) is 48.3 Å². The van der Waals surface area contributed by atoms with Gasteiger partial charge in [-0.05, 0) is 67.3 Å². The molecule has 33 heavy (non-hydrogen) atoms. The van der Waals surface area contributed by atoms with Gasteiger partial charge in [-0.3, -0.25) is 4.90 Å². The molecule has 5 rings (SSSR count). The van der Waals surface area contributed by atoms with Crippen molar-refractivity contribution in [1.29, 1.82) is 0 Å². The summed E-state index contributed by atoms with van der Waals surface area (Å²) < 4.78 is 12.0. The number of ether oxygens (including phenoxy) is 2. The summed E-state index contributed by atoms with van der Waals surface area (Å²) in [6.45, 7) is 1.44. The Morgan fingerprint density at radius 2 is 1.76 bits per heavy atom. The zero-order valence-electron chi connectivity index (χ0n) is 18.6. The third-order valence-corrected chi connectivity index (χ3v) is 9.07. The van der Waals surface area contributed by atoms with Crippen LogP contribution >= 0.6 is 22.7 Å². The number of carbonyl (C=O) groups is 1. The third kappa shape index (κ3) is 4.35. The van der Waals surface area contributed by atoms with E-state index in [0.29, 0.717) is 28.3 Å². The molecule has 7 heteroatoms. The molecule has 0 radical (unpaired) electrons. The van der Waals surface area contributed by atoms with Crippen LogP contribution in [0.5, 0.6) is 5.75 Å². The monoisotopic (exact) mass is 483 g/mol. The molecule has 5 nitrogen and oxygen atoms in total. The second kappa shape index (κ2) is 9.58. The molecule has 2 heterocycles. The van der Waals surface area contributed by atoms with Gasteiger partial charge in [0, 0.05) is 18.5 Å². The SMILES string of the molecule is CN(CCOc1ccccc1)[C@@H]1CC2CCC1C2OC(=O)C(O)(c1cccs1)c1cccs1. The van der Waals surface area contributed by atoms with Gasteiger partial charge in [-0.15, -0.1) is 22.7 Å². The van der Waals surface area contributed by atoms with E-state index in [2.05, 4.69) is 11.9 Å². The van der Waals surface area contributed by atoms with E-state index in [-0.39, 0.29) is 12.0 Å². The third-order valence-electron chi connectivity index (χ3n) is 7.11. The average molecular weight is 484 g/mol. The molecule has 0 amide bonds. The van der Waals surface area contributed by atoms with Crippen LogP contribution in [0.3, 0.4) is 0 Å². The Labute approximate surface area is 202 Å². The Hall–Kier alpha value is -2.19. The number of rotatable bonds is 9. The van der Waals surface area contributed by atoms with E-state index >= 15 is 0 Å². The Kier molecular flexibility index (Phi) is 6.56. The van der Waals surface area contributed by atoms with Crippen molar-refractivity contribution in [1.82, 2.24) is 4.90 Å². The van der Waals surface area contributed by atoms with E-state index in [1.165, 1.54) is 22.7 Å². The lowest BCUT2D eigenvalue weighted by molar-refractivity contribution is -0.170. The minimum Gasteiger partial charge on any atom is -0.492 e. The van der Waals surface area contributed by atoms with Gasteiger partial charge in [0.1, 0.15) is 18.5 Å². The van der Waals surface area contributed by atoms with Gasteiger partial charge in [-0.1, -0.05) is 30.3 Å². The largest absolute Gasteiger partial charge is 0.492 e.